The van der Waals surface area contributed by atoms with E-state index in [9.17, 15) is 9.59 Å². The fourth-order valence-electron chi connectivity index (χ4n) is 1.52. The van der Waals surface area contributed by atoms with E-state index in [1.54, 1.807) is 24.3 Å². The second-order valence-corrected chi connectivity index (χ2v) is 3.92. The Morgan fingerprint density at radius 1 is 1.26 bits per heavy atom. The topological polar surface area (TPSA) is 95.9 Å². The van der Waals surface area contributed by atoms with Gasteiger partial charge in [0.2, 0.25) is 5.91 Å². The summed E-state index contributed by atoms with van der Waals surface area (Å²) in [5.74, 6) is -1.61. The monoisotopic (exact) mass is 267 g/mol. The molecule has 19 heavy (non-hydrogen) atoms. The highest BCUT2D eigenvalue weighted by Crippen LogP contribution is 2.03. The third-order valence-corrected chi connectivity index (χ3v) is 2.38. The number of carboxylic acids is 1. The van der Waals surface area contributed by atoms with Crippen LogP contribution in [0.2, 0.25) is 0 Å². The molecule has 0 spiro atoms. The second kappa shape index (κ2) is 8.23. The van der Waals surface area contributed by atoms with Gasteiger partial charge in [-0.25, -0.2) is 4.79 Å². The third kappa shape index (κ3) is 5.98. The molecule has 0 fully saturated rings. The zero-order valence-corrected chi connectivity index (χ0v) is 10.4. The van der Waals surface area contributed by atoms with E-state index in [1.807, 2.05) is 6.07 Å². The number of carbonyl (C=O) groups excluding carboxylic acids is 1. The second-order valence-electron chi connectivity index (χ2n) is 3.92. The van der Waals surface area contributed by atoms with Gasteiger partial charge >= 0.3 is 5.97 Å². The van der Waals surface area contributed by atoms with E-state index in [1.165, 1.54) is 0 Å². The maximum Gasteiger partial charge on any atom is 0.326 e. The summed E-state index contributed by atoms with van der Waals surface area (Å²) in [7, 11) is 0. The van der Waals surface area contributed by atoms with Crippen molar-refractivity contribution in [1.29, 1.82) is 0 Å². The summed E-state index contributed by atoms with van der Waals surface area (Å²) >= 11 is 0. The van der Waals surface area contributed by atoms with Crippen molar-refractivity contribution in [1.82, 2.24) is 5.32 Å². The van der Waals surface area contributed by atoms with E-state index in [-0.39, 0.29) is 26.2 Å². The standard InChI is InChI=1S/C13H17NO5/c15-6-7-19-9-12(16)14-11(13(17)18)8-10-4-2-1-3-5-10/h1-5,11,15H,6-9H2,(H,14,16)(H,17,18)/t11-/m1/s1. The molecule has 6 nitrogen and oxygen atoms in total. The number of hydrogen-bond donors (Lipinski definition) is 3. The normalized spacial score (nSPS) is 11.8. The Morgan fingerprint density at radius 3 is 2.53 bits per heavy atom. The zero-order valence-electron chi connectivity index (χ0n) is 10.4. The first kappa shape index (κ1) is 15.1. The van der Waals surface area contributed by atoms with Crippen LogP contribution in [-0.2, 0) is 20.7 Å². The van der Waals surface area contributed by atoms with Gasteiger partial charge in [-0.2, -0.15) is 0 Å². The molecule has 0 saturated heterocycles. The number of carbonyl (C=O) groups is 2. The molecule has 0 aliphatic rings. The summed E-state index contributed by atoms with van der Waals surface area (Å²) in [5.41, 5.74) is 0.825. The lowest BCUT2D eigenvalue weighted by Crippen LogP contribution is -2.43. The zero-order chi connectivity index (χ0) is 14.1. The quantitative estimate of drug-likeness (QED) is 0.567. The first-order chi connectivity index (χ1) is 9.13. The predicted octanol–water partition coefficient (Wildman–Crippen LogP) is -0.193. The van der Waals surface area contributed by atoms with E-state index >= 15 is 0 Å². The van der Waals surface area contributed by atoms with Crippen LogP contribution in [0.25, 0.3) is 0 Å². The van der Waals surface area contributed by atoms with Crippen LogP contribution in [0.1, 0.15) is 5.56 Å². The molecule has 0 aliphatic carbocycles. The Bertz CT molecular complexity index is 407. The van der Waals surface area contributed by atoms with Gasteiger partial charge in [0, 0.05) is 6.42 Å². The molecule has 0 unspecified atom stereocenters. The van der Waals surface area contributed by atoms with Crippen molar-refractivity contribution in [2.24, 2.45) is 0 Å². The van der Waals surface area contributed by atoms with E-state index in [4.69, 9.17) is 14.9 Å². The van der Waals surface area contributed by atoms with Gasteiger partial charge < -0.3 is 20.3 Å². The van der Waals surface area contributed by atoms with Gasteiger partial charge in [0.25, 0.3) is 0 Å². The lowest BCUT2D eigenvalue weighted by atomic mass is 10.1. The molecule has 1 aromatic carbocycles. The van der Waals surface area contributed by atoms with Crippen LogP contribution in [0, 0.1) is 0 Å². The maximum atomic E-state index is 11.4. The third-order valence-electron chi connectivity index (χ3n) is 2.38. The fraction of sp³-hybridized carbons (Fsp3) is 0.385. The molecule has 1 amide bonds. The van der Waals surface area contributed by atoms with Crippen molar-refractivity contribution in [3.63, 3.8) is 0 Å². The van der Waals surface area contributed by atoms with Crippen molar-refractivity contribution < 1.29 is 24.5 Å². The highest BCUT2D eigenvalue weighted by Gasteiger charge is 2.20. The molecule has 3 N–H and O–H groups in total. The van der Waals surface area contributed by atoms with E-state index in [0.717, 1.165) is 5.56 Å². The van der Waals surface area contributed by atoms with Gasteiger partial charge in [-0.3, -0.25) is 4.79 Å². The number of aliphatic hydroxyl groups excluding tert-OH is 1. The molecule has 1 rings (SSSR count). The highest BCUT2D eigenvalue weighted by atomic mass is 16.5. The SMILES string of the molecule is O=C(COCCO)N[C@H](Cc1ccccc1)C(=O)O. The summed E-state index contributed by atoms with van der Waals surface area (Å²) in [6.07, 6.45) is 0.210. The molecule has 6 heteroatoms. The van der Waals surface area contributed by atoms with Crippen LogP contribution < -0.4 is 5.32 Å². The van der Waals surface area contributed by atoms with Crippen LogP contribution >= 0.6 is 0 Å². The van der Waals surface area contributed by atoms with Crippen molar-refractivity contribution in [3.8, 4) is 0 Å². The number of hydrogen-bond acceptors (Lipinski definition) is 4. The molecule has 0 aromatic heterocycles. The Hall–Kier alpha value is -1.92. The molecule has 1 atom stereocenters. The molecule has 0 bridgehead atoms. The van der Waals surface area contributed by atoms with E-state index in [2.05, 4.69) is 5.32 Å². The molecule has 0 radical (unpaired) electrons. The number of amides is 1. The number of benzene rings is 1. The van der Waals surface area contributed by atoms with Crippen LogP contribution in [0.3, 0.4) is 0 Å². The summed E-state index contributed by atoms with van der Waals surface area (Å²) in [6.45, 7) is -0.400. The number of ether oxygens (including phenoxy) is 1. The first-order valence-electron chi connectivity index (χ1n) is 5.88. The number of rotatable bonds is 8. The lowest BCUT2D eigenvalue weighted by Gasteiger charge is -2.14. The molecular weight excluding hydrogens is 250 g/mol. The molecular formula is C13H17NO5. The van der Waals surface area contributed by atoms with Gasteiger partial charge in [0.1, 0.15) is 12.6 Å². The van der Waals surface area contributed by atoms with Crippen LogP contribution in [0.5, 0.6) is 0 Å². The Balaban J connectivity index is 2.49. The van der Waals surface area contributed by atoms with Gasteiger partial charge in [-0.05, 0) is 5.56 Å². The molecule has 0 heterocycles. The predicted molar refractivity (Wildman–Crippen MR) is 67.6 cm³/mol. The average molecular weight is 267 g/mol. The fourth-order valence-corrected chi connectivity index (χ4v) is 1.52. The van der Waals surface area contributed by atoms with Crippen LogP contribution in [0.4, 0.5) is 0 Å². The number of aliphatic hydroxyl groups is 1. The number of carboxylic acid groups (broad SMARTS) is 1. The van der Waals surface area contributed by atoms with Crippen LogP contribution in [0.15, 0.2) is 30.3 Å². The molecule has 1 aromatic rings. The highest BCUT2D eigenvalue weighted by molar-refractivity contribution is 5.84. The number of nitrogens with one attached hydrogen (secondary N) is 1. The van der Waals surface area contributed by atoms with E-state index in [0.29, 0.717) is 0 Å². The summed E-state index contributed by atoms with van der Waals surface area (Å²) in [6, 6.07) is 8.04. The maximum absolute atomic E-state index is 11.4. The lowest BCUT2D eigenvalue weighted by molar-refractivity contribution is -0.142. The molecule has 0 saturated carbocycles. The van der Waals surface area contributed by atoms with E-state index < -0.39 is 17.9 Å². The largest absolute Gasteiger partial charge is 0.480 e. The van der Waals surface area contributed by atoms with Gasteiger partial charge in [-0.15, -0.1) is 0 Å². The number of aliphatic carboxylic acids is 1. The van der Waals surface area contributed by atoms with Gasteiger partial charge in [0.05, 0.1) is 13.2 Å². The minimum absolute atomic E-state index is 0.0455. The summed E-state index contributed by atoms with van der Waals surface area (Å²) in [5, 5.41) is 19.9. The summed E-state index contributed by atoms with van der Waals surface area (Å²) < 4.78 is 4.82. The van der Waals surface area contributed by atoms with Crippen molar-refractivity contribution in [3.05, 3.63) is 35.9 Å². The Kier molecular flexibility index (Phi) is 6.56. The average Bonchev–Trinajstić information content (AvgIpc) is 2.39. The van der Waals surface area contributed by atoms with Crippen molar-refractivity contribution in [2.45, 2.75) is 12.5 Å². The minimum atomic E-state index is -1.10. The minimum Gasteiger partial charge on any atom is -0.480 e. The molecule has 104 valence electrons. The van der Waals surface area contributed by atoms with Crippen molar-refractivity contribution in [2.75, 3.05) is 19.8 Å². The molecule has 0 aliphatic heterocycles. The Morgan fingerprint density at radius 2 is 1.95 bits per heavy atom. The van der Waals surface area contributed by atoms with Crippen molar-refractivity contribution >= 4 is 11.9 Å². The van der Waals surface area contributed by atoms with Gasteiger partial charge in [0.15, 0.2) is 0 Å². The first-order valence-corrected chi connectivity index (χ1v) is 5.88. The van der Waals surface area contributed by atoms with Crippen LogP contribution in [-0.4, -0.2) is 48.0 Å². The summed E-state index contributed by atoms with van der Waals surface area (Å²) in [4.78, 5) is 22.5. The Labute approximate surface area is 111 Å². The smallest absolute Gasteiger partial charge is 0.326 e. The van der Waals surface area contributed by atoms with Gasteiger partial charge in [-0.1, -0.05) is 30.3 Å².